The van der Waals surface area contributed by atoms with Crippen LogP contribution in [0.2, 0.25) is 0 Å². The molecule has 1 saturated heterocycles. The first-order valence-electron chi connectivity index (χ1n) is 9.36. The van der Waals surface area contributed by atoms with Crippen LogP contribution in [0.4, 0.5) is 14.5 Å². The molecule has 0 aromatic heterocycles. The molecule has 1 aliphatic heterocycles. The van der Waals surface area contributed by atoms with E-state index in [1.54, 1.807) is 12.1 Å². The fourth-order valence-corrected chi connectivity index (χ4v) is 4.49. The number of anilines is 1. The van der Waals surface area contributed by atoms with E-state index < -0.39 is 10.0 Å². The highest BCUT2D eigenvalue weighted by Crippen LogP contribution is 2.20. The lowest BCUT2D eigenvalue weighted by molar-refractivity contribution is 0.255. The molecule has 0 spiro atoms. The van der Waals surface area contributed by atoms with Gasteiger partial charge in [0.1, 0.15) is 11.6 Å². The molecular weight excluding hydrogens is 384 g/mol. The molecule has 28 heavy (non-hydrogen) atoms. The van der Waals surface area contributed by atoms with Crippen molar-refractivity contribution >= 4 is 15.7 Å². The van der Waals surface area contributed by atoms with Crippen LogP contribution < -0.4 is 9.62 Å². The van der Waals surface area contributed by atoms with Gasteiger partial charge in [-0.05, 0) is 42.8 Å². The molecule has 152 valence electrons. The second kappa shape index (κ2) is 9.45. The van der Waals surface area contributed by atoms with Crippen LogP contribution in [0, 0.1) is 11.6 Å². The minimum Gasteiger partial charge on any atom is -0.367 e. The summed E-state index contributed by atoms with van der Waals surface area (Å²) in [4.78, 5) is 4.29. The van der Waals surface area contributed by atoms with Gasteiger partial charge in [-0.1, -0.05) is 24.3 Å². The predicted octanol–water partition coefficient (Wildman–Crippen LogP) is 2.60. The van der Waals surface area contributed by atoms with Crippen LogP contribution in [0.15, 0.2) is 48.5 Å². The lowest BCUT2D eigenvalue weighted by Crippen LogP contribution is -2.47. The van der Waals surface area contributed by atoms with Gasteiger partial charge in [-0.25, -0.2) is 21.9 Å². The maximum atomic E-state index is 13.9. The lowest BCUT2D eigenvalue weighted by Gasteiger charge is -2.36. The van der Waals surface area contributed by atoms with Crippen molar-refractivity contribution in [2.75, 3.05) is 44.2 Å². The van der Waals surface area contributed by atoms with Crippen LogP contribution in [0.25, 0.3) is 0 Å². The molecule has 1 fully saturated rings. The number of piperazine rings is 1. The Bertz CT molecular complexity index is 867. The number of hydrogen-bond acceptors (Lipinski definition) is 4. The van der Waals surface area contributed by atoms with Crippen LogP contribution >= 0.6 is 0 Å². The van der Waals surface area contributed by atoms with Crippen molar-refractivity contribution in [1.29, 1.82) is 0 Å². The van der Waals surface area contributed by atoms with E-state index in [9.17, 15) is 17.2 Å². The summed E-state index contributed by atoms with van der Waals surface area (Å²) >= 11 is 0. The Morgan fingerprint density at radius 3 is 2.29 bits per heavy atom. The van der Waals surface area contributed by atoms with Gasteiger partial charge in [-0.3, -0.25) is 4.90 Å². The van der Waals surface area contributed by atoms with Crippen LogP contribution in [0.3, 0.4) is 0 Å². The van der Waals surface area contributed by atoms with Gasteiger partial charge in [0, 0.05) is 32.7 Å². The summed E-state index contributed by atoms with van der Waals surface area (Å²) in [5.74, 6) is -0.745. The van der Waals surface area contributed by atoms with E-state index in [1.165, 1.54) is 30.3 Å². The Hall–Kier alpha value is -2.03. The lowest BCUT2D eigenvalue weighted by atomic mass is 10.2. The van der Waals surface area contributed by atoms with E-state index in [1.807, 2.05) is 11.0 Å². The predicted molar refractivity (Wildman–Crippen MR) is 107 cm³/mol. The Labute approximate surface area is 165 Å². The van der Waals surface area contributed by atoms with E-state index >= 15 is 0 Å². The first-order chi connectivity index (χ1) is 13.4. The zero-order valence-corrected chi connectivity index (χ0v) is 16.5. The van der Waals surface area contributed by atoms with Crippen molar-refractivity contribution in [3.63, 3.8) is 0 Å². The molecule has 0 bridgehead atoms. The van der Waals surface area contributed by atoms with E-state index in [4.69, 9.17) is 0 Å². The molecule has 1 heterocycles. The SMILES string of the molecule is O=S(=O)(Cc1ccc(F)cc1)NCCCN1CCN(c2ccccc2F)CC1. The fraction of sp³-hybridized carbons (Fsp3) is 0.400. The molecule has 0 atom stereocenters. The molecule has 1 N–H and O–H groups in total. The van der Waals surface area contributed by atoms with Crippen molar-refractivity contribution < 1.29 is 17.2 Å². The quantitative estimate of drug-likeness (QED) is 0.681. The second-order valence-electron chi connectivity index (χ2n) is 6.91. The molecule has 2 aromatic rings. The maximum Gasteiger partial charge on any atom is 0.215 e. The average molecular weight is 410 g/mol. The minimum absolute atomic E-state index is 0.158. The Morgan fingerprint density at radius 2 is 1.61 bits per heavy atom. The Balaban J connectivity index is 1.37. The van der Waals surface area contributed by atoms with Gasteiger partial charge >= 0.3 is 0 Å². The van der Waals surface area contributed by atoms with Crippen molar-refractivity contribution in [2.45, 2.75) is 12.2 Å². The molecule has 0 amide bonds. The largest absolute Gasteiger partial charge is 0.367 e. The van der Waals surface area contributed by atoms with Crippen LogP contribution in [0.5, 0.6) is 0 Å². The van der Waals surface area contributed by atoms with Gasteiger partial charge in [0.15, 0.2) is 0 Å². The summed E-state index contributed by atoms with van der Waals surface area (Å²) in [5.41, 5.74) is 1.19. The topological polar surface area (TPSA) is 52.7 Å². The highest BCUT2D eigenvalue weighted by molar-refractivity contribution is 7.88. The average Bonchev–Trinajstić information content (AvgIpc) is 2.68. The Kier molecular flexibility index (Phi) is 6.98. The number of nitrogens with zero attached hydrogens (tertiary/aromatic N) is 2. The molecule has 1 aliphatic rings. The molecule has 0 radical (unpaired) electrons. The third-order valence-corrected chi connectivity index (χ3v) is 6.17. The summed E-state index contributed by atoms with van der Waals surface area (Å²) in [6.07, 6.45) is 0.697. The molecule has 0 unspecified atom stereocenters. The number of benzene rings is 2. The molecule has 8 heteroatoms. The van der Waals surface area contributed by atoms with Gasteiger partial charge in [0.25, 0.3) is 0 Å². The number of para-hydroxylation sites is 1. The van der Waals surface area contributed by atoms with E-state index in [-0.39, 0.29) is 17.4 Å². The van der Waals surface area contributed by atoms with Gasteiger partial charge < -0.3 is 4.90 Å². The number of halogens is 2. The molecule has 2 aromatic carbocycles. The minimum atomic E-state index is -3.44. The van der Waals surface area contributed by atoms with Gasteiger partial charge in [-0.2, -0.15) is 0 Å². The normalized spacial score (nSPS) is 15.7. The summed E-state index contributed by atoms with van der Waals surface area (Å²) in [6.45, 7) is 4.27. The highest BCUT2D eigenvalue weighted by Gasteiger charge is 2.19. The number of hydrogen-bond donors (Lipinski definition) is 1. The van der Waals surface area contributed by atoms with Crippen molar-refractivity contribution in [3.8, 4) is 0 Å². The first kappa shape index (κ1) is 20.7. The number of sulfonamides is 1. The van der Waals surface area contributed by atoms with Crippen LogP contribution in [-0.4, -0.2) is 52.6 Å². The summed E-state index contributed by atoms with van der Waals surface area (Å²) in [6, 6.07) is 12.3. The first-order valence-corrected chi connectivity index (χ1v) is 11.0. The van der Waals surface area contributed by atoms with E-state index in [0.29, 0.717) is 24.2 Å². The van der Waals surface area contributed by atoms with Crippen molar-refractivity contribution in [3.05, 3.63) is 65.7 Å². The van der Waals surface area contributed by atoms with Gasteiger partial charge in [0.05, 0.1) is 11.4 Å². The highest BCUT2D eigenvalue weighted by atomic mass is 32.2. The van der Waals surface area contributed by atoms with E-state index in [2.05, 4.69) is 9.62 Å². The molecule has 3 rings (SSSR count). The standard InChI is InChI=1S/C20H25F2N3O2S/c21-18-8-6-17(7-9-18)16-28(26,27)23-10-3-11-24-12-14-25(15-13-24)20-5-2-1-4-19(20)22/h1-2,4-9,23H,3,10-16H2. The van der Waals surface area contributed by atoms with Crippen molar-refractivity contribution in [2.24, 2.45) is 0 Å². The zero-order chi connectivity index (χ0) is 20.0. The third kappa shape index (κ3) is 5.98. The van der Waals surface area contributed by atoms with Crippen molar-refractivity contribution in [1.82, 2.24) is 9.62 Å². The summed E-state index contributed by atoms with van der Waals surface area (Å²) in [7, 11) is -3.44. The monoisotopic (exact) mass is 409 g/mol. The summed E-state index contributed by atoms with van der Waals surface area (Å²) in [5, 5.41) is 0. The fourth-order valence-electron chi connectivity index (χ4n) is 3.30. The van der Waals surface area contributed by atoms with Gasteiger partial charge in [0.2, 0.25) is 10.0 Å². The van der Waals surface area contributed by atoms with Crippen LogP contribution in [-0.2, 0) is 15.8 Å². The molecular formula is C20H25F2N3O2S. The smallest absolute Gasteiger partial charge is 0.215 e. The Morgan fingerprint density at radius 1 is 0.929 bits per heavy atom. The molecule has 0 saturated carbocycles. The van der Waals surface area contributed by atoms with E-state index in [0.717, 1.165) is 32.7 Å². The maximum absolute atomic E-state index is 13.9. The number of nitrogens with one attached hydrogen (secondary N) is 1. The zero-order valence-electron chi connectivity index (χ0n) is 15.7. The molecule has 0 aliphatic carbocycles. The third-order valence-electron chi connectivity index (χ3n) is 4.81. The second-order valence-corrected chi connectivity index (χ2v) is 8.72. The number of rotatable bonds is 8. The summed E-state index contributed by atoms with van der Waals surface area (Å²) < 4.78 is 53.6. The molecule has 5 nitrogen and oxygen atoms in total. The van der Waals surface area contributed by atoms with Crippen LogP contribution in [0.1, 0.15) is 12.0 Å². The van der Waals surface area contributed by atoms with Gasteiger partial charge in [-0.15, -0.1) is 0 Å².